The molecule has 0 nitrogen and oxygen atoms in total. The summed E-state index contributed by atoms with van der Waals surface area (Å²) in [7, 11) is 0. The van der Waals surface area contributed by atoms with Gasteiger partial charge in [0.2, 0.25) is 5.41 Å². The van der Waals surface area contributed by atoms with Crippen LogP contribution in [-0.4, -0.2) is 0 Å². The summed E-state index contributed by atoms with van der Waals surface area (Å²) in [6.07, 6.45) is 0. The lowest BCUT2D eigenvalue weighted by Gasteiger charge is -1.85. The van der Waals surface area contributed by atoms with Gasteiger partial charge in [0.15, 0.2) is 0 Å². The molecule has 5 heavy (non-hydrogen) atoms. The molecule has 0 aromatic carbocycles. The molecule has 0 aliphatic heterocycles. The predicted octanol–water partition coefficient (Wildman–Crippen LogP) is 1.68. The third-order valence-electron chi connectivity index (χ3n) is 0. The SMILES string of the molecule is [CH2+]C([CH2+])(C)C. The van der Waals surface area contributed by atoms with E-state index in [0.717, 1.165) is 0 Å². The Balaban J connectivity index is 3.02. The van der Waals surface area contributed by atoms with Crippen molar-refractivity contribution in [3.8, 4) is 0 Å². The van der Waals surface area contributed by atoms with Gasteiger partial charge >= 0.3 is 0 Å². The van der Waals surface area contributed by atoms with Crippen LogP contribution >= 0.6 is 0 Å². The standard InChI is InChI=1S/C5H10/c1-5(2,3)4/h1-2H2,3-4H3/q+2. The molecule has 0 spiro atoms. The maximum atomic E-state index is 3.66. The molecule has 0 heterocycles. The fourth-order valence-corrected chi connectivity index (χ4v) is 0. The smallest absolute Gasteiger partial charge is 0.0238 e. The maximum absolute atomic E-state index is 3.66. The van der Waals surface area contributed by atoms with E-state index in [1.807, 2.05) is 13.8 Å². The van der Waals surface area contributed by atoms with Gasteiger partial charge in [0, 0.05) is 13.8 Å². The van der Waals surface area contributed by atoms with E-state index in [2.05, 4.69) is 13.8 Å². The quantitative estimate of drug-likeness (QED) is 0.380. The molecule has 0 heteroatoms. The number of rotatable bonds is 0. The fourth-order valence-electron chi connectivity index (χ4n) is 0. The molecule has 0 aliphatic rings. The summed E-state index contributed by atoms with van der Waals surface area (Å²) in [5.41, 5.74) is 0. The lowest BCUT2D eigenvalue weighted by molar-refractivity contribution is 0.615. The van der Waals surface area contributed by atoms with Gasteiger partial charge in [-0.1, -0.05) is 0 Å². The van der Waals surface area contributed by atoms with Crippen LogP contribution in [0.2, 0.25) is 0 Å². The minimum Gasteiger partial charge on any atom is 0.0238 e. The Morgan fingerprint density at radius 1 is 1.20 bits per heavy atom. The van der Waals surface area contributed by atoms with Gasteiger partial charge in [-0.05, 0) is 0 Å². The molecule has 0 atom stereocenters. The summed E-state index contributed by atoms with van der Waals surface area (Å²) in [6.45, 7) is 11.2. The van der Waals surface area contributed by atoms with Crippen LogP contribution in [0.25, 0.3) is 0 Å². The molecule has 0 rings (SSSR count). The summed E-state index contributed by atoms with van der Waals surface area (Å²) in [4.78, 5) is 0. The normalized spacial score (nSPS) is 11.6. The third-order valence-corrected chi connectivity index (χ3v) is 0. The largest absolute Gasteiger partial charge is 0.225 e. The van der Waals surface area contributed by atoms with Gasteiger partial charge in [-0.15, -0.1) is 0 Å². The minimum absolute atomic E-state index is 0. The van der Waals surface area contributed by atoms with Crippen molar-refractivity contribution in [3.05, 3.63) is 13.8 Å². The van der Waals surface area contributed by atoms with Crippen LogP contribution in [-0.2, 0) is 0 Å². The lowest BCUT2D eigenvalue weighted by Crippen LogP contribution is -1.94. The van der Waals surface area contributed by atoms with Crippen LogP contribution in [0.4, 0.5) is 0 Å². The molecule has 0 aromatic rings. The molecule has 0 amide bonds. The highest BCUT2D eigenvalue weighted by molar-refractivity contribution is 4.71. The van der Waals surface area contributed by atoms with E-state index in [1.54, 1.807) is 0 Å². The van der Waals surface area contributed by atoms with E-state index in [0.29, 0.717) is 0 Å². The molecule has 0 radical (unpaired) electrons. The van der Waals surface area contributed by atoms with Gasteiger partial charge < -0.3 is 0 Å². The Morgan fingerprint density at radius 2 is 1.20 bits per heavy atom. The second kappa shape index (κ2) is 0.852. The third kappa shape index (κ3) is 168. The van der Waals surface area contributed by atoms with Crippen LogP contribution in [0.1, 0.15) is 13.8 Å². The fraction of sp³-hybridized carbons (Fsp3) is 0.600. The maximum Gasteiger partial charge on any atom is 0.225 e. The van der Waals surface area contributed by atoms with E-state index in [-0.39, 0.29) is 5.41 Å². The molecule has 0 aromatic heterocycles. The van der Waals surface area contributed by atoms with Gasteiger partial charge in [0.05, 0.1) is 0 Å². The summed E-state index contributed by atoms with van der Waals surface area (Å²) in [5.74, 6) is 0. The first-order chi connectivity index (χ1) is 2.00. The molecule has 0 aliphatic carbocycles. The van der Waals surface area contributed by atoms with Crippen molar-refractivity contribution >= 4 is 0 Å². The van der Waals surface area contributed by atoms with Crippen molar-refractivity contribution in [2.24, 2.45) is 5.41 Å². The Kier molecular flexibility index (Phi) is 0.808. The Morgan fingerprint density at radius 3 is 1.20 bits per heavy atom. The van der Waals surface area contributed by atoms with Crippen molar-refractivity contribution in [2.75, 3.05) is 0 Å². The Hall–Kier alpha value is -0.260. The monoisotopic (exact) mass is 70.1 g/mol. The van der Waals surface area contributed by atoms with E-state index < -0.39 is 0 Å². The molecule has 0 fully saturated rings. The van der Waals surface area contributed by atoms with Crippen LogP contribution in [0, 0.1) is 19.3 Å². The predicted molar refractivity (Wildman–Crippen MR) is 24.5 cm³/mol. The average Bonchev–Trinajstić information content (AvgIpc) is 0.722. The highest BCUT2D eigenvalue weighted by atomic mass is 14.0. The van der Waals surface area contributed by atoms with E-state index in [9.17, 15) is 0 Å². The molecular weight excluding hydrogens is 60.1 g/mol. The molecular formula is C5H10+2. The van der Waals surface area contributed by atoms with Gasteiger partial charge in [-0.3, -0.25) is 0 Å². The first-order valence-corrected chi connectivity index (χ1v) is 1.71. The van der Waals surface area contributed by atoms with Crippen molar-refractivity contribution in [2.45, 2.75) is 13.8 Å². The van der Waals surface area contributed by atoms with Gasteiger partial charge in [-0.25, -0.2) is 0 Å². The van der Waals surface area contributed by atoms with Crippen LogP contribution in [0.5, 0.6) is 0 Å². The highest BCUT2D eigenvalue weighted by Crippen LogP contribution is 2.06. The summed E-state index contributed by atoms with van der Waals surface area (Å²) >= 11 is 0. The average molecular weight is 70.1 g/mol. The molecule has 0 saturated carbocycles. The Labute approximate surface area is 34.2 Å². The molecule has 0 unspecified atom stereocenters. The van der Waals surface area contributed by atoms with Crippen molar-refractivity contribution in [1.29, 1.82) is 0 Å². The van der Waals surface area contributed by atoms with E-state index >= 15 is 0 Å². The minimum atomic E-state index is 0. The summed E-state index contributed by atoms with van der Waals surface area (Å²) in [6, 6.07) is 0. The topological polar surface area (TPSA) is 0 Å². The zero-order valence-electron chi connectivity index (χ0n) is 3.91. The van der Waals surface area contributed by atoms with Gasteiger partial charge in [-0.2, -0.15) is 0 Å². The van der Waals surface area contributed by atoms with Crippen molar-refractivity contribution in [3.63, 3.8) is 0 Å². The van der Waals surface area contributed by atoms with Crippen molar-refractivity contribution in [1.82, 2.24) is 0 Å². The van der Waals surface area contributed by atoms with Crippen LogP contribution < -0.4 is 0 Å². The number of hydrogen-bond donors (Lipinski definition) is 0. The molecule has 0 N–H and O–H groups in total. The second-order valence-corrected chi connectivity index (χ2v) is 2.16. The molecule has 0 saturated heterocycles. The van der Waals surface area contributed by atoms with Crippen LogP contribution in [0.3, 0.4) is 0 Å². The zero-order valence-corrected chi connectivity index (χ0v) is 3.91. The van der Waals surface area contributed by atoms with Crippen molar-refractivity contribution < 1.29 is 0 Å². The first kappa shape index (κ1) is 4.74. The zero-order chi connectivity index (χ0) is 4.50. The summed E-state index contributed by atoms with van der Waals surface area (Å²) < 4.78 is 0. The summed E-state index contributed by atoms with van der Waals surface area (Å²) in [5, 5.41) is 0. The lowest BCUT2D eigenvalue weighted by atomic mass is 10.0. The number of hydrogen-bond acceptors (Lipinski definition) is 0. The second-order valence-electron chi connectivity index (χ2n) is 2.16. The highest BCUT2D eigenvalue weighted by Gasteiger charge is 2.15. The van der Waals surface area contributed by atoms with E-state index in [4.69, 9.17) is 0 Å². The molecule has 0 bridgehead atoms. The van der Waals surface area contributed by atoms with Crippen LogP contribution in [0.15, 0.2) is 0 Å². The van der Waals surface area contributed by atoms with E-state index in [1.165, 1.54) is 0 Å². The van der Waals surface area contributed by atoms with Gasteiger partial charge in [0.1, 0.15) is 13.8 Å². The first-order valence-electron chi connectivity index (χ1n) is 1.71. The Bertz CT molecular complexity index is 15.5. The molecule has 28 valence electrons. The van der Waals surface area contributed by atoms with Gasteiger partial charge in [0.25, 0.3) is 0 Å².